The maximum atomic E-state index is 12.1. The number of carbonyl (C=O) groups excluding carboxylic acids is 1. The van der Waals surface area contributed by atoms with E-state index in [1.807, 2.05) is 25.8 Å². The predicted octanol–water partition coefficient (Wildman–Crippen LogP) is 2.22. The fourth-order valence-corrected chi connectivity index (χ4v) is 1.81. The van der Waals surface area contributed by atoms with Crippen molar-refractivity contribution in [2.75, 3.05) is 37.9 Å². The number of carbonyl (C=O) groups is 1. The number of amides is 1. The second-order valence-electron chi connectivity index (χ2n) is 4.57. The Morgan fingerprint density at radius 2 is 2.25 bits per heavy atom. The molecule has 1 aromatic carbocycles. The van der Waals surface area contributed by atoms with Crippen LogP contribution in [0.25, 0.3) is 0 Å². The van der Waals surface area contributed by atoms with Gasteiger partial charge in [0.2, 0.25) is 5.91 Å². The first-order chi connectivity index (χ1) is 9.45. The highest BCUT2D eigenvalue weighted by molar-refractivity contribution is 6.31. The van der Waals surface area contributed by atoms with E-state index < -0.39 is 0 Å². The highest BCUT2D eigenvalue weighted by atomic mass is 35.5. The van der Waals surface area contributed by atoms with Crippen LogP contribution in [-0.4, -0.2) is 43.7 Å². The zero-order valence-corrected chi connectivity index (χ0v) is 12.9. The van der Waals surface area contributed by atoms with Crippen LogP contribution in [0.1, 0.15) is 13.8 Å². The topological polar surface area (TPSA) is 67.6 Å². The Morgan fingerprint density at radius 1 is 1.55 bits per heavy atom. The summed E-state index contributed by atoms with van der Waals surface area (Å²) in [6.45, 7) is 5.76. The van der Waals surface area contributed by atoms with E-state index in [-0.39, 0.29) is 11.9 Å². The Labute approximate surface area is 125 Å². The van der Waals surface area contributed by atoms with E-state index in [4.69, 9.17) is 22.1 Å². The molecule has 1 rings (SSSR count). The molecule has 1 amide bonds. The van der Waals surface area contributed by atoms with Gasteiger partial charge in [0.15, 0.2) is 0 Å². The second-order valence-corrected chi connectivity index (χ2v) is 5.01. The first kappa shape index (κ1) is 16.8. The molecule has 0 bridgehead atoms. The van der Waals surface area contributed by atoms with E-state index >= 15 is 0 Å². The van der Waals surface area contributed by atoms with Crippen molar-refractivity contribution in [3.63, 3.8) is 0 Å². The normalized spacial score (nSPS) is 12.4. The molecule has 0 aromatic heterocycles. The minimum Gasteiger partial charge on any atom is -0.397 e. The van der Waals surface area contributed by atoms with Gasteiger partial charge in [-0.25, -0.2) is 0 Å². The third kappa shape index (κ3) is 5.00. The van der Waals surface area contributed by atoms with E-state index in [9.17, 15) is 4.79 Å². The molecule has 1 aromatic rings. The van der Waals surface area contributed by atoms with Crippen molar-refractivity contribution >= 4 is 28.9 Å². The molecule has 1 atom stereocenters. The van der Waals surface area contributed by atoms with E-state index in [0.29, 0.717) is 36.2 Å². The number of likely N-dealkylation sites (N-methyl/N-ethyl adjacent to an activating group) is 1. The van der Waals surface area contributed by atoms with Gasteiger partial charge in [-0.05, 0) is 39.1 Å². The molecule has 20 heavy (non-hydrogen) atoms. The zero-order chi connectivity index (χ0) is 15.1. The smallest absolute Gasteiger partial charge is 0.241 e. The van der Waals surface area contributed by atoms with Gasteiger partial charge in [0.05, 0.1) is 24.0 Å². The van der Waals surface area contributed by atoms with Crippen molar-refractivity contribution in [2.24, 2.45) is 0 Å². The molecular weight excluding hydrogens is 278 g/mol. The molecule has 0 aliphatic carbocycles. The van der Waals surface area contributed by atoms with Crippen molar-refractivity contribution in [2.45, 2.75) is 19.9 Å². The maximum Gasteiger partial charge on any atom is 0.241 e. The summed E-state index contributed by atoms with van der Waals surface area (Å²) < 4.78 is 5.28. The molecule has 0 fully saturated rings. The maximum absolute atomic E-state index is 12.1. The first-order valence-corrected chi connectivity index (χ1v) is 6.97. The van der Waals surface area contributed by atoms with Crippen molar-refractivity contribution in [3.8, 4) is 0 Å². The lowest BCUT2D eigenvalue weighted by Gasteiger charge is -2.24. The van der Waals surface area contributed by atoms with Crippen LogP contribution in [0.3, 0.4) is 0 Å². The number of nitrogens with two attached hydrogens (primary N) is 1. The molecule has 6 heteroatoms. The van der Waals surface area contributed by atoms with E-state index in [0.717, 1.165) is 0 Å². The Morgan fingerprint density at radius 3 is 2.85 bits per heavy atom. The molecule has 0 aliphatic heterocycles. The van der Waals surface area contributed by atoms with Crippen molar-refractivity contribution in [1.82, 2.24) is 4.90 Å². The molecule has 0 aliphatic rings. The lowest BCUT2D eigenvalue weighted by molar-refractivity contribution is -0.120. The SMILES string of the molecule is CCOCCN(C)C(C)C(=O)Nc1ccc(Cl)cc1N. The van der Waals surface area contributed by atoms with Crippen LogP contribution in [0, 0.1) is 0 Å². The van der Waals surface area contributed by atoms with Crippen LogP contribution < -0.4 is 11.1 Å². The van der Waals surface area contributed by atoms with Crippen LogP contribution in [0.2, 0.25) is 5.02 Å². The van der Waals surface area contributed by atoms with Gasteiger partial charge >= 0.3 is 0 Å². The van der Waals surface area contributed by atoms with Gasteiger partial charge < -0.3 is 15.8 Å². The van der Waals surface area contributed by atoms with Gasteiger partial charge in [0, 0.05) is 18.2 Å². The summed E-state index contributed by atoms with van der Waals surface area (Å²) in [5.41, 5.74) is 6.84. The number of ether oxygens (including phenoxy) is 1. The largest absolute Gasteiger partial charge is 0.397 e. The number of halogens is 1. The fourth-order valence-electron chi connectivity index (χ4n) is 1.63. The highest BCUT2D eigenvalue weighted by Gasteiger charge is 2.18. The molecule has 3 N–H and O–H groups in total. The molecule has 1 unspecified atom stereocenters. The number of nitrogens with one attached hydrogen (secondary N) is 1. The first-order valence-electron chi connectivity index (χ1n) is 6.59. The summed E-state index contributed by atoms with van der Waals surface area (Å²) in [5.74, 6) is -0.113. The third-order valence-electron chi connectivity index (χ3n) is 3.10. The van der Waals surface area contributed by atoms with Gasteiger partial charge in [0.1, 0.15) is 0 Å². The lowest BCUT2D eigenvalue weighted by Crippen LogP contribution is -2.41. The lowest BCUT2D eigenvalue weighted by atomic mass is 10.2. The highest BCUT2D eigenvalue weighted by Crippen LogP contribution is 2.22. The molecule has 0 radical (unpaired) electrons. The molecule has 0 heterocycles. The van der Waals surface area contributed by atoms with Crippen LogP contribution in [0.4, 0.5) is 11.4 Å². The summed E-state index contributed by atoms with van der Waals surface area (Å²) in [6, 6.07) is 4.73. The Kier molecular flexibility index (Phi) is 6.78. The summed E-state index contributed by atoms with van der Waals surface area (Å²) >= 11 is 5.82. The molecule has 0 saturated heterocycles. The summed E-state index contributed by atoms with van der Waals surface area (Å²) in [6.07, 6.45) is 0. The molecule has 5 nitrogen and oxygen atoms in total. The van der Waals surface area contributed by atoms with Crippen LogP contribution in [0.5, 0.6) is 0 Å². The third-order valence-corrected chi connectivity index (χ3v) is 3.34. The average molecular weight is 300 g/mol. The molecular formula is C14H22ClN3O2. The number of rotatable bonds is 7. The number of nitrogen functional groups attached to an aromatic ring is 1. The quantitative estimate of drug-likeness (QED) is 0.598. The van der Waals surface area contributed by atoms with Crippen molar-refractivity contribution in [1.29, 1.82) is 0 Å². The van der Waals surface area contributed by atoms with E-state index in [2.05, 4.69) is 5.32 Å². The summed E-state index contributed by atoms with van der Waals surface area (Å²) in [7, 11) is 1.88. The van der Waals surface area contributed by atoms with E-state index in [1.54, 1.807) is 18.2 Å². The molecule has 112 valence electrons. The van der Waals surface area contributed by atoms with E-state index in [1.165, 1.54) is 0 Å². The summed E-state index contributed by atoms with van der Waals surface area (Å²) in [5, 5.41) is 3.35. The number of benzene rings is 1. The van der Waals surface area contributed by atoms with Crippen LogP contribution in [0.15, 0.2) is 18.2 Å². The summed E-state index contributed by atoms with van der Waals surface area (Å²) in [4.78, 5) is 14.1. The number of hydrogen-bond acceptors (Lipinski definition) is 4. The monoisotopic (exact) mass is 299 g/mol. The standard InChI is InChI=1S/C14H22ClN3O2/c1-4-20-8-7-18(3)10(2)14(19)17-13-6-5-11(15)9-12(13)16/h5-6,9-10H,4,7-8,16H2,1-3H3,(H,17,19). The zero-order valence-electron chi connectivity index (χ0n) is 12.1. The number of hydrogen-bond donors (Lipinski definition) is 2. The van der Waals surface area contributed by atoms with Crippen LogP contribution >= 0.6 is 11.6 Å². The van der Waals surface area contributed by atoms with Gasteiger partial charge in [0.25, 0.3) is 0 Å². The minimum absolute atomic E-state index is 0.113. The van der Waals surface area contributed by atoms with Gasteiger partial charge in [-0.2, -0.15) is 0 Å². The molecule has 0 spiro atoms. The van der Waals surface area contributed by atoms with Crippen molar-refractivity contribution in [3.05, 3.63) is 23.2 Å². The fraction of sp³-hybridized carbons (Fsp3) is 0.500. The number of anilines is 2. The average Bonchev–Trinajstić information content (AvgIpc) is 2.41. The Bertz CT molecular complexity index is 454. The van der Waals surface area contributed by atoms with Crippen molar-refractivity contribution < 1.29 is 9.53 Å². The Balaban J connectivity index is 2.56. The van der Waals surface area contributed by atoms with Crippen LogP contribution in [-0.2, 0) is 9.53 Å². The Hall–Kier alpha value is -1.30. The minimum atomic E-state index is -0.273. The molecule has 0 saturated carbocycles. The van der Waals surface area contributed by atoms with Gasteiger partial charge in [-0.3, -0.25) is 9.69 Å². The van der Waals surface area contributed by atoms with Gasteiger partial charge in [-0.1, -0.05) is 11.6 Å². The number of nitrogens with zero attached hydrogens (tertiary/aromatic N) is 1. The van der Waals surface area contributed by atoms with Gasteiger partial charge in [-0.15, -0.1) is 0 Å². The second kappa shape index (κ2) is 8.09. The predicted molar refractivity (Wildman–Crippen MR) is 83.1 cm³/mol.